The van der Waals surface area contributed by atoms with Crippen LogP contribution < -0.4 is 4.57 Å². The third-order valence-corrected chi connectivity index (χ3v) is 0.855. The van der Waals surface area contributed by atoms with E-state index in [2.05, 4.69) is 11.7 Å². The Labute approximate surface area is 47.9 Å². The Morgan fingerprint density at radius 3 is 2.88 bits per heavy atom. The highest BCUT2D eigenvalue weighted by Gasteiger charge is 1.93. The summed E-state index contributed by atoms with van der Waals surface area (Å²) in [4.78, 5) is 0. The lowest BCUT2D eigenvalue weighted by Crippen LogP contribution is -2.23. The highest BCUT2D eigenvalue weighted by atomic mass is 15.3. The average Bonchev–Trinajstić information content (AvgIpc) is 2.14. The zero-order valence-corrected chi connectivity index (χ0v) is 4.78. The van der Waals surface area contributed by atoms with Crippen molar-refractivity contribution in [3.8, 4) is 0 Å². The van der Waals surface area contributed by atoms with Crippen LogP contribution in [0.2, 0.25) is 0 Å². The molecule has 0 fully saturated rings. The summed E-state index contributed by atoms with van der Waals surface area (Å²) in [6.45, 7) is 3.53. The molecule has 0 radical (unpaired) electrons. The molecule has 0 spiro atoms. The number of hydrogen-bond acceptors (Lipinski definition) is 1. The maximum absolute atomic E-state index is 3.90. The number of aryl methyl sites for hydroxylation is 1. The van der Waals surface area contributed by atoms with Gasteiger partial charge in [-0.15, -0.1) is 0 Å². The molecule has 3 nitrogen and oxygen atoms in total. The zero-order chi connectivity index (χ0) is 5.98. The maximum Gasteiger partial charge on any atom is 0.265 e. The standard InChI is InChI=1S/C5H8N3/c1-3-8-5-7(2)4-6-8/h3-5H,1H2,2H3/q+1. The quantitative estimate of drug-likeness (QED) is 0.459. The Hall–Kier alpha value is -1.12. The third kappa shape index (κ3) is 0.753. The average molecular weight is 110 g/mol. The molecule has 0 unspecified atom stereocenters. The Morgan fingerprint density at radius 1 is 1.88 bits per heavy atom. The molecule has 0 aromatic carbocycles. The van der Waals surface area contributed by atoms with Crippen molar-refractivity contribution >= 4 is 6.20 Å². The molecule has 0 saturated carbocycles. The van der Waals surface area contributed by atoms with Crippen molar-refractivity contribution in [3.63, 3.8) is 0 Å². The van der Waals surface area contributed by atoms with Crippen molar-refractivity contribution in [2.24, 2.45) is 7.05 Å². The van der Waals surface area contributed by atoms with Crippen LogP contribution in [0.25, 0.3) is 6.20 Å². The van der Waals surface area contributed by atoms with Gasteiger partial charge in [-0.05, 0) is 0 Å². The van der Waals surface area contributed by atoms with E-state index in [1.54, 1.807) is 17.2 Å². The summed E-state index contributed by atoms with van der Waals surface area (Å²) in [5.74, 6) is 0. The number of rotatable bonds is 1. The van der Waals surface area contributed by atoms with Crippen LogP contribution in [0.1, 0.15) is 0 Å². The summed E-state index contributed by atoms with van der Waals surface area (Å²) < 4.78 is 3.49. The Balaban J connectivity index is 3.00. The number of nitrogens with zero attached hydrogens (tertiary/aromatic N) is 3. The van der Waals surface area contributed by atoms with Gasteiger partial charge in [0, 0.05) is 5.10 Å². The summed E-state index contributed by atoms with van der Waals surface area (Å²) in [6.07, 6.45) is 5.18. The fourth-order valence-corrected chi connectivity index (χ4v) is 0.482. The van der Waals surface area contributed by atoms with Crippen LogP contribution in [0.4, 0.5) is 0 Å². The molecule has 0 bridgehead atoms. The van der Waals surface area contributed by atoms with E-state index in [0.717, 1.165) is 0 Å². The fraction of sp³-hybridized carbons (Fsp3) is 0.200. The smallest absolute Gasteiger partial charge is 0.240 e. The van der Waals surface area contributed by atoms with Gasteiger partial charge in [-0.2, -0.15) is 0 Å². The maximum atomic E-state index is 3.90. The molecule has 3 heteroatoms. The molecule has 1 aromatic rings. The van der Waals surface area contributed by atoms with E-state index in [1.165, 1.54) is 0 Å². The predicted octanol–water partition coefficient (Wildman–Crippen LogP) is -0.192. The molecule has 1 heterocycles. The molecule has 0 aliphatic rings. The number of hydrogen-bond donors (Lipinski definition) is 0. The van der Waals surface area contributed by atoms with Crippen molar-refractivity contribution in [2.75, 3.05) is 0 Å². The van der Waals surface area contributed by atoms with Crippen molar-refractivity contribution in [1.82, 2.24) is 9.78 Å². The first kappa shape index (κ1) is 5.03. The van der Waals surface area contributed by atoms with E-state index >= 15 is 0 Å². The van der Waals surface area contributed by atoms with Crippen LogP contribution in [0, 0.1) is 0 Å². The second-order valence-corrected chi connectivity index (χ2v) is 1.57. The summed E-state index contributed by atoms with van der Waals surface area (Å²) in [5, 5.41) is 3.90. The van der Waals surface area contributed by atoms with Gasteiger partial charge in [0.1, 0.15) is 0 Å². The van der Waals surface area contributed by atoms with Gasteiger partial charge in [0.2, 0.25) is 6.33 Å². The minimum Gasteiger partial charge on any atom is -0.240 e. The topological polar surface area (TPSA) is 21.7 Å². The zero-order valence-electron chi connectivity index (χ0n) is 4.78. The monoisotopic (exact) mass is 110 g/mol. The molecule has 0 N–H and O–H groups in total. The predicted molar refractivity (Wildman–Crippen MR) is 29.8 cm³/mol. The van der Waals surface area contributed by atoms with Gasteiger partial charge in [0.25, 0.3) is 6.33 Å². The Morgan fingerprint density at radius 2 is 2.62 bits per heavy atom. The molecular weight excluding hydrogens is 102 g/mol. The molecule has 0 aliphatic heterocycles. The second-order valence-electron chi connectivity index (χ2n) is 1.57. The summed E-state index contributed by atoms with van der Waals surface area (Å²) >= 11 is 0. The molecule has 8 heavy (non-hydrogen) atoms. The van der Waals surface area contributed by atoms with Gasteiger partial charge >= 0.3 is 0 Å². The highest BCUT2D eigenvalue weighted by molar-refractivity contribution is 5.09. The second kappa shape index (κ2) is 1.78. The first-order valence-corrected chi connectivity index (χ1v) is 2.35. The fourth-order valence-electron chi connectivity index (χ4n) is 0.482. The van der Waals surface area contributed by atoms with E-state index in [9.17, 15) is 0 Å². The van der Waals surface area contributed by atoms with Crippen LogP contribution in [-0.2, 0) is 7.05 Å². The minimum atomic E-state index is 1.64. The molecule has 0 atom stereocenters. The lowest BCUT2D eigenvalue weighted by molar-refractivity contribution is -0.671. The molecule has 0 amide bonds. The van der Waals surface area contributed by atoms with Gasteiger partial charge in [-0.1, -0.05) is 11.3 Å². The lowest BCUT2D eigenvalue weighted by Gasteiger charge is -1.71. The van der Waals surface area contributed by atoms with Gasteiger partial charge < -0.3 is 0 Å². The Bertz CT molecular complexity index is 189. The largest absolute Gasteiger partial charge is 0.265 e. The molecule has 1 rings (SSSR count). The van der Waals surface area contributed by atoms with E-state index in [1.807, 2.05) is 17.9 Å². The normalized spacial score (nSPS) is 9.12. The van der Waals surface area contributed by atoms with Crippen LogP contribution in [0.15, 0.2) is 19.2 Å². The summed E-state index contributed by atoms with van der Waals surface area (Å²) in [5.41, 5.74) is 0. The van der Waals surface area contributed by atoms with Crippen LogP contribution in [-0.4, -0.2) is 9.78 Å². The van der Waals surface area contributed by atoms with E-state index in [4.69, 9.17) is 0 Å². The molecular formula is C5H8N3+. The first-order chi connectivity index (χ1) is 3.83. The molecule has 0 saturated heterocycles. The van der Waals surface area contributed by atoms with E-state index in [-0.39, 0.29) is 0 Å². The number of aromatic nitrogens is 3. The van der Waals surface area contributed by atoms with Gasteiger partial charge in [0.05, 0.1) is 13.2 Å². The minimum absolute atomic E-state index is 1.64. The summed E-state index contributed by atoms with van der Waals surface area (Å²) in [7, 11) is 1.91. The molecule has 1 aromatic heterocycles. The first-order valence-electron chi connectivity index (χ1n) is 2.35. The van der Waals surface area contributed by atoms with Crippen molar-refractivity contribution in [2.45, 2.75) is 0 Å². The highest BCUT2D eigenvalue weighted by Crippen LogP contribution is 1.72. The van der Waals surface area contributed by atoms with Crippen molar-refractivity contribution in [1.29, 1.82) is 0 Å². The van der Waals surface area contributed by atoms with Crippen molar-refractivity contribution in [3.05, 3.63) is 19.2 Å². The van der Waals surface area contributed by atoms with E-state index in [0.29, 0.717) is 0 Å². The SMILES string of the molecule is C=Cn1c[n+](C)cn1. The van der Waals surface area contributed by atoms with Crippen molar-refractivity contribution < 1.29 is 4.57 Å². The van der Waals surface area contributed by atoms with E-state index < -0.39 is 0 Å². The Kier molecular flexibility index (Phi) is 1.12. The summed E-state index contributed by atoms with van der Waals surface area (Å²) in [6, 6.07) is 0. The lowest BCUT2D eigenvalue weighted by atomic mass is 11.0. The molecule has 42 valence electrons. The van der Waals surface area contributed by atoms with Crippen LogP contribution in [0.3, 0.4) is 0 Å². The van der Waals surface area contributed by atoms with Gasteiger partial charge in [-0.3, -0.25) is 0 Å². The van der Waals surface area contributed by atoms with Gasteiger partial charge in [-0.25, -0.2) is 4.57 Å². The van der Waals surface area contributed by atoms with Crippen LogP contribution >= 0.6 is 0 Å². The van der Waals surface area contributed by atoms with Gasteiger partial charge in [0.15, 0.2) is 0 Å². The third-order valence-electron chi connectivity index (χ3n) is 0.855. The van der Waals surface area contributed by atoms with Crippen LogP contribution in [0.5, 0.6) is 0 Å². The molecule has 0 aliphatic carbocycles.